The minimum Gasteiger partial charge on any atom is -0.468 e. The second-order valence-electron chi connectivity index (χ2n) is 3.85. The molecule has 0 saturated carbocycles. The van der Waals surface area contributed by atoms with Gasteiger partial charge < -0.3 is 4.74 Å². The molecule has 1 rings (SSSR count). The summed E-state index contributed by atoms with van der Waals surface area (Å²) in [6.45, 7) is -0.421. The smallest absolute Gasteiger partial charge is 0.408 e. The number of likely N-dealkylation sites (N-methyl/N-ethyl adjacent to an activating group) is 1. The number of hydrogen-bond acceptors (Lipinski definition) is 3. The number of benzene rings is 1. The van der Waals surface area contributed by atoms with Gasteiger partial charge in [0, 0.05) is 0 Å². The summed E-state index contributed by atoms with van der Waals surface area (Å²) in [6, 6.07) is 5.63. The highest BCUT2D eigenvalue weighted by molar-refractivity contribution is 5.71. The van der Waals surface area contributed by atoms with Gasteiger partial charge in [0.25, 0.3) is 0 Å². The molecule has 0 amide bonds. The molecular weight excluding hydrogens is 247 g/mol. The molecule has 0 N–H and O–H groups in total. The molecule has 0 aromatic heterocycles. The van der Waals surface area contributed by atoms with E-state index >= 15 is 0 Å². The molecule has 0 bridgehead atoms. The van der Waals surface area contributed by atoms with E-state index in [-0.39, 0.29) is 5.56 Å². The lowest BCUT2D eigenvalue weighted by Gasteiger charge is -2.29. The second kappa shape index (κ2) is 5.86. The molecule has 0 saturated heterocycles. The topological polar surface area (TPSA) is 29.5 Å². The lowest BCUT2D eigenvalue weighted by atomic mass is 10.1. The fourth-order valence-corrected chi connectivity index (χ4v) is 1.69. The third-order valence-electron chi connectivity index (χ3n) is 2.47. The first-order valence-corrected chi connectivity index (χ1v) is 5.25. The molecule has 1 unspecified atom stereocenters. The molecule has 0 fully saturated rings. The summed E-state index contributed by atoms with van der Waals surface area (Å²) >= 11 is 0. The lowest BCUT2D eigenvalue weighted by Crippen LogP contribution is -2.39. The van der Waals surface area contributed by atoms with E-state index in [9.17, 15) is 18.0 Å². The zero-order valence-electron chi connectivity index (χ0n) is 10.1. The molecule has 0 radical (unpaired) electrons. The fourth-order valence-electron chi connectivity index (χ4n) is 1.69. The van der Waals surface area contributed by atoms with Crippen molar-refractivity contribution in [2.24, 2.45) is 0 Å². The van der Waals surface area contributed by atoms with Crippen molar-refractivity contribution < 1.29 is 22.7 Å². The van der Waals surface area contributed by atoms with Crippen LogP contribution in [0.2, 0.25) is 0 Å². The Morgan fingerprint density at radius 1 is 1.33 bits per heavy atom. The zero-order valence-corrected chi connectivity index (χ0v) is 10.1. The number of alkyl halides is 3. The van der Waals surface area contributed by atoms with E-state index in [1.54, 1.807) is 6.07 Å². The first kappa shape index (κ1) is 14.5. The molecule has 0 aliphatic heterocycles. The van der Waals surface area contributed by atoms with Crippen LogP contribution in [0.15, 0.2) is 30.3 Å². The van der Waals surface area contributed by atoms with Crippen molar-refractivity contribution in [2.75, 3.05) is 20.7 Å². The average Bonchev–Trinajstić information content (AvgIpc) is 2.28. The van der Waals surface area contributed by atoms with Crippen LogP contribution in [0.4, 0.5) is 13.2 Å². The molecule has 1 atom stereocenters. The van der Waals surface area contributed by atoms with E-state index in [2.05, 4.69) is 4.74 Å². The van der Waals surface area contributed by atoms with E-state index in [1.807, 2.05) is 0 Å². The van der Waals surface area contributed by atoms with Crippen molar-refractivity contribution in [3.05, 3.63) is 35.9 Å². The predicted octanol–water partition coefficient (Wildman–Crippen LogP) is 2.39. The average molecular weight is 261 g/mol. The highest BCUT2D eigenvalue weighted by Crippen LogP contribution is 2.36. The molecule has 1 aromatic rings. The van der Waals surface area contributed by atoms with Crippen LogP contribution in [-0.2, 0) is 9.53 Å². The van der Waals surface area contributed by atoms with Gasteiger partial charge in [-0.1, -0.05) is 30.3 Å². The maximum absolute atomic E-state index is 13.0. The van der Waals surface area contributed by atoms with Crippen molar-refractivity contribution in [1.82, 2.24) is 4.90 Å². The molecule has 0 aliphatic rings. The summed E-state index contributed by atoms with van der Waals surface area (Å²) in [5.41, 5.74) is 0.0939. The molecule has 0 spiro atoms. The largest absolute Gasteiger partial charge is 0.468 e. The number of carbonyl (C=O) groups is 1. The van der Waals surface area contributed by atoms with Gasteiger partial charge in [-0.15, -0.1) is 0 Å². The Labute approximate surface area is 103 Å². The lowest BCUT2D eigenvalue weighted by molar-refractivity contribution is -0.185. The summed E-state index contributed by atoms with van der Waals surface area (Å²) < 4.78 is 43.4. The molecule has 100 valence electrons. The number of halogens is 3. The predicted molar refractivity (Wildman–Crippen MR) is 59.9 cm³/mol. The van der Waals surface area contributed by atoms with Gasteiger partial charge in [0.1, 0.15) is 6.04 Å². The van der Waals surface area contributed by atoms with E-state index < -0.39 is 24.7 Å². The second-order valence-corrected chi connectivity index (χ2v) is 3.85. The normalized spacial score (nSPS) is 13.4. The number of hydrogen-bond donors (Lipinski definition) is 0. The third kappa shape index (κ3) is 3.73. The maximum atomic E-state index is 13.0. The van der Waals surface area contributed by atoms with Gasteiger partial charge in [0.05, 0.1) is 13.7 Å². The van der Waals surface area contributed by atoms with Gasteiger partial charge in [-0.2, -0.15) is 13.2 Å². The van der Waals surface area contributed by atoms with Crippen LogP contribution in [-0.4, -0.2) is 37.7 Å². The fraction of sp³-hybridized carbons (Fsp3) is 0.417. The number of rotatable bonds is 4. The van der Waals surface area contributed by atoms with Crippen LogP contribution >= 0.6 is 0 Å². The quantitative estimate of drug-likeness (QED) is 0.779. The highest BCUT2D eigenvalue weighted by atomic mass is 19.4. The van der Waals surface area contributed by atoms with E-state index in [1.165, 1.54) is 31.3 Å². The van der Waals surface area contributed by atoms with Gasteiger partial charge in [-0.05, 0) is 12.6 Å². The molecule has 3 nitrogen and oxygen atoms in total. The zero-order chi connectivity index (χ0) is 13.8. The first-order valence-electron chi connectivity index (χ1n) is 5.25. The Balaban J connectivity index is 2.97. The summed E-state index contributed by atoms with van der Waals surface area (Å²) in [4.78, 5) is 12.0. The first-order chi connectivity index (χ1) is 8.36. The monoisotopic (exact) mass is 261 g/mol. The van der Waals surface area contributed by atoms with Crippen molar-refractivity contribution in [3.8, 4) is 0 Å². The molecule has 6 heteroatoms. The number of methoxy groups -OCH3 is 1. The number of carbonyl (C=O) groups excluding carboxylic acids is 1. The Hall–Kier alpha value is -1.56. The molecular formula is C12H14F3NO2. The van der Waals surface area contributed by atoms with Crippen molar-refractivity contribution in [2.45, 2.75) is 12.2 Å². The van der Waals surface area contributed by atoms with Crippen molar-refractivity contribution in [1.29, 1.82) is 0 Å². The Kier molecular flexibility index (Phi) is 4.72. The van der Waals surface area contributed by atoms with E-state index in [0.29, 0.717) is 0 Å². The van der Waals surface area contributed by atoms with Crippen molar-refractivity contribution >= 4 is 5.97 Å². The minimum absolute atomic E-state index is 0.0939. The van der Waals surface area contributed by atoms with Crippen molar-refractivity contribution in [3.63, 3.8) is 0 Å². The Bertz CT molecular complexity index is 392. The summed E-state index contributed by atoms with van der Waals surface area (Å²) in [6.07, 6.45) is -4.45. The Morgan fingerprint density at radius 3 is 2.33 bits per heavy atom. The van der Waals surface area contributed by atoms with E-state index in [4.69, 9.17) is 0 Å². The maximum Gasteiger partial charge on any atom is 0.408 e. The van der Waals surface area contributed by atoms with Crippen LogP contribution in [0, 0.1) is 0 Å². The third-order valence-corrected chi connectivity index (χ3v) is 2.47. The van der Waals surface area contributed by atoms with Gasteiger partial charge in [-0.25, -0.2) is 0 Å². The van der Waals surface area contributed by atoms with Crippen LogP contribution in [0.25, 0.3) is 0 Å². The number of nitrogens with zero attached hydrogens (tertiary/aromatic N) is 1. The molecule has 0 heterocycles. The Morgan fingerprint density at radius 2 is 1.89 bits per heavy atom. The van der Waals surface area contributed by atoms with Crippen LogP contribution < -0.4 is 0 Å². The molecule has 18 heavy (non-hydrogen) atoms. The van der Waals surface area contributed by atoms with Crippen LogP contribution in [0.3, 0.4) is 0 Å². The van der Waals surface area contributed by atoms with Gasteiger partial charge in [-0.3, -0.25) is 9.69 Å². The van der Waals surface area contributed by atoms with E-state index in [0.717, 1.165) is 12.0 Å². The summed E-state index contributed by atoms with van der Waals surface area (Å²) in [5, 5.41) is 0. The minimum atomic E-state index is -4.45. The number of ether oxygens (including phenoxy) is 1. The van der Waals surface area contributed by atoms with Gasteiger partial charge in [0.15, 0.2) is 0 Å². The van der Waals surface area contributed by atoms with Gasteiger partial charge in [0.2, 0.25) is 0 Å². The van der Waals surface area contributed by atoms with Crippen LogP contribution in [0.5, 0.6) is 0 Å². The summed E-state index contributed by atoms with van der Waals surface area (Å²) in [7, 11) is 2.38. The van der Waals surface area contributed by atoms with Gasteiger partial charge >= 0.3 is 12.1 Å². The number of esters is 1. The molecule has 0 aliphatic carbocycles. The molecule has 1 aromatic carbocycles. The summed E-state index contributed by atoms with van der Waals surface area (Å²) in [5.74, 6) is -0.706. The standard InChI is InChI=1S/C12H14F3NO2/c1-16(8-10(17)18-2)11(12(13,14)15)9-6-4-3-5-7-9/h3-7,11H,8H2,1-2H3. The van der Waals surface area contributed by atoms with Crippen LogP contribution in [0.1, 0.15) is 11.6 Å². The SMILES string of the molecule is COC(=O)CN(C)C(c1ccccc1)C(F)(F)F. The highest BCUT2D eigenvalue weighted by Gasteiger charge is 2.43.